The van der Waals surface area contributed by atoms with Crippen molar-refractivity contribution in [3.63, 3.8) is 0 Å². The summed E-state index contributed by atoms with van der Waals surface area (Å²) in [7, 11) is 1.67. The van der Waals surface area contributed by atoms with Crippen molar-refractivity contribution >= 4 is 11.6 Å². The minimum Gasteiger partial charge on any atom is -0.497 e. The topological polar surface area (TPSA) is 93.0 Å². The van der Waals surface area contributed by atoms with E-state index in [4.69, 9.17) is 9.47 Å². The first-order valence-corrected chi connectivity index (χ1v) is 13.0. The Morgan fingerprint density at radius 2 is 1.79 bits per heavy atom. The summed E-state index contributed by atoms with van der Waals surface area (Å²) in [6.45, 7) is 6.03. The second-order valence-electron chi connectivity index (χ2n) is 9.70. The summed E-state index contributed by atoms with van der Waals surface area (Å²) in [6, 6.07) is 22.9. The van der Waals surface area contributed by atoms with Crippen LogP contribution in [-0.2, 0) is 6.61 Å². The number of rotatable bonds is 8. The van der Waals surface area contributed by atoms with Gasteiger partial charge in [0.05, 0.1) is 25.6 Å². The highest BCUT2D eigenvalue weighted by atomic mass is 16.5. The Hall–Kier alpha value is -4.37. The van der Waals surface area contributed by atoms with Crippen molar-refractivity contribution < 1.29 is 19.4 Å². The van der Waals surface area contributed by atoms with Crippen molar-refractivity contribution in [2.24, 2.45) is 0 Å². The van der Waals surface area contributed by atoms with E-state index in [1.807, 2.05) is 84.8 Å². The van der Waals surface area contributed by atoms with Crippen molar-refractivity contribution in [2.75, 3.05) is 31.6 Å². The molecule has 9 nitrogen and oxygen atoms in total. The molecule has 1 N–H and O–H groups in total. The molecule has 2 heterocycles. The number of aromatic nitrogens is 3. The van der Waals surface area contributed by atoms with Gasteiger partial charge in [0.25, 0.3) is 5.91 Å². The van der Waals surface area contributed by atoms with Gasteiger partial charge in [-0.2, -0.15) is 0 Å². The van der Waals surface area contributed by atoms with E-state index in [0.717, 1.165) is 29.2 Å². The number of amides is 1. The first kappa shape index (κ1) is 26.2. The maximum absolute atomic E-state index is 13.4. The fourth-order valence-electron chi connectivity index (χ4n) is 4.81. The van der Waals surface area contributed by atoms with Gasteiger partial charge in [0.15, 0.2) is 0 Å². The lowest BCUT2D eigenvalue weighted by Gasteiger charge is -2.41. The molecule has 0 aliphatic carbocycles. The molecule has 1 amide bonds. The predicted molar refractivity (Wildman–Crippen MR) is 148 cm³/mol. The Labute approximate surface area is 228 Å². The number of methoxy groups -OCH3 is 1. The molecule has 9 heteroatoms. The number of ether oxygens (including phenoxy) is 2. The molecule has 1 fully saturated rings. The zero-order chi connectivity index (χ0) is 27.4. The van der Waals surface area contributed by atoms with E-state index in [1.165, 1.54) is 0 Å². The molecule has 1 aliphatic rings. The van der Waals surface area contributed by atoms with Gasteiger partial charge in [-0.15, -0.1) is 5.10 Å². The maximum Gasteiger partial charge on any atom is 0.254 e. The number of hydrogen-bond acceptors (Lipinski definition) is 7. The van der Waals surface area contributed by atoms with Gasteiger partial charge in [0, 0.05) is 43.0 Å². The van der Waals surface area contributed by atoms with Gasteiger partial charge >= 0.3 is 0 Å². The van der Waals surface area contributed by atoms with Crippen LogP contribution in [0, 0.1) is 0 Å². The molecular weight excluding hydrogens is 494 g/mol. The maximum atomic E-state index is 13.4. The fourth-order valence-corrected chi connectivity index (χ4v) is 4.81. The lowest BCUT2D eigenvalue weighted by molar-refractivity contribution is 0.0726. The zero-order valence-corrected chi connectivity index (χ0v) is 22.4. The number of carbonyl (C=O) groups excluding carboxylic acids is 1. The van der Waals surface area contributed by atoms with E-state index < -0.39 is 0 Å². The molecule has 3 aromatic carbocycles. The summed E-state index contributed by atoms with van der Waals surface area (Å²) >= 11 is 0. The lowest BCUT2D eigenvalue weighted by atomic mass is 10.1. The number of nitrogens with zero attached hydrogens (tertiary/aromatic N) is 5. The summed E-state index contributed by atoms with van der Waals surface area (Å²) in [5.74, 6) is 1.50. The van der Waals surface area contributed by atoms with Crippen molar-refractivity contribution in [1.82, 2.24) is 19.9 Å². The zero-order valence-electron chi connectivity index (χ0n) is 22.4. The van der Waals surface area contributed by atoms with Crippen LogP contribution >= 0.6 is 0 Å². The molecule has 0 radical (unpaired) electrons. The summed E-state index contributed by atoms with van der Waals surface area (Å²) in [5.41, 5.74) is 3.95. The number of anilines is 1. The number of benzene rings is 3. The number of carbonyl (C=O) groups is 1. The van der Waals surface area contributed by atoms with Crippen molar-refractivity contribution in [2.45, 2.75) is 32.6 Å². The minimum atomic E-state index is -0.328. The molecule has 1 aromatic heterocycles. The lowest BCUT2D eigenvalue weighted by Crippen LogP contribution is -2.53. The van der Waals surface area contributed by atoms with Gasteiger partial charge in [-0.25, -0.2) is 4.68 Å². The van der Waals surface area contributed by atoms with Crippen LogP contribution in [0.25, 0.3) is 5.69 Å². The van der Waals surface area contributed by atoms with Gasteiger partial charge in [-0.1, -0.05) is 29.5 Å². The standard InChI is InChI=1S/C30H33N5O4/c1-21-18-33(14-15-34(21)25-7-5-9-28(17-25)38-3)30(37)24-6-4-8-26(16-24)35-19-29(31-32-35)22(2)39-27-12-10-23(20-36)11-13-27/h4-13,16-17,19,21-22,36H,14-15,18,20H2,1-3H3. The molecular formula is C30H33N5O4. The Morgan fingerprint density at radius 1 is 1.03 bits per heavy atom. The molecule has 1 aliphatic heterocycles. The second-order valence-corrected chi connectivity index (χ2v) is 9.70. The van der Waals surface area contributed by atoms with E-state index >= 15 is 0 Å². The van der Waals surface area contributed by atoms with Crippen LogP contribution < -0.4 is 14.4 Å². The molecule has 39 heavy (non-hydrogen) atoms. The van der Waals surface area contributed by atoms with E-state index in [-0.39, 0.29) is 24.7 Å². The van der Waals surface area contributed by atoms with Gasteiger partial charge in [0.2, 0.25) is 0 Å². The van der Waals surface area contributed by atoms with E-state index in [9.17, 15) is 9.90 Å². The normalized spacial score (nSPS) is 16.2. The monoisotopic (exact) mass is 527 g/mol. The van der Waals surface area contributed by atoms with Crippen LogP contribution in [0.15, 0.2) is 79.0 Å². The SMILES string of the molecule is COc1cccc(N2CCN(C(=O)c3cccc(-n4cc(C(C)Oc5ccc(CO)cc5)nn4)c3)CC2C)c1. The number of aliphatic hydroxyl groups excluding tert-OH is 1. The first-order valence-electron chi connectivity index (χ1n) is 13.0. The minimum absolute atomic E-state index is 0.00245. The summed E-state index contributed by atoms with van der Waals surface area (Å²) in [6.07, 6.45) is 1.48. The Kier molecular flexibility index (Phi) is 7.79. The average molecular weight is 528 g/mol. The van der Waals surface area contributed by atoms with E-state index in [0.29, 0.717) is 30.1 Å². The molecule has 2 atom stereocenters. The molecule has 0 bridgehead atoms. The Morgan fingerprint density at radius 3 is 2.54 bits per heavy atom. The fraction of sp³-hybridized carbons (Fsp3) is 0.300. The highest BCUT2D eigenvalue weighted by molar-refractivity contribution is 5.95. The van der Waals surface area contributed by atoms with Gasteiger partial charge < -0.3 is 24.4 Å². The van der Waals surface area contributed by atoms with Crippen LogP contribution in [-0.4, -0.2) is 63.7 Å². The van der Waals surface area contributed by atoms with Gasteiger partial charge in [-0.3, -0.25) is 4.79 Å². The average Bonchev–Trinajstić information content (AvgIpc) is 3.48. The third kappa shape index (κ3) is 5.88. The molecule has 202 valence electrons. The van der Waals surface area contributed by atoms with Crippen molar-refractivity contribution in [3.05, 3.63) is 95.8 Å². The molecule has 2 unspecified atom stereocenters. The van der Waals surface area contributed by atoms with Crippen LogP contribution in [0.4, 0.5) is 5.69 Å². The third-order valence-electron chi connectivity index (χ3n) is 7.00. The molecule has 1 saturated heterocycles. The van der Waals surface area contributed by atoms with Crippen LogP contribution in [0.5, 0.6) is 11.5 Å². The smallest absolute Gasteiger partial charge is 0.254 e. The Balaban J connectivity index is 1.24. The van der Waals surface area contributed by atoms with Crippen molar-refractivity contribution in [1.29, 1.82) is 0 Å². The molecule has 5 rings (SSSR count). The van der Waals surface area contributed by atoms with Crippen LogP contribution in [0.2, 0.25) is 0 Å². The summed E-state index contributed by atoms with van der Waals surface area (Å²) in [4.78, 5) is 17.7. The third-order valence-corrected chi connectivity index (χ3v) is 7.00. The highest BCUT2D eigenvalue weighted by Gasteiger charge is 2.28. The van der Waals surface area contributed by atoms with E-state index in [2.05, 4.69) is 28.2 Å². The Bertz CT molecular complexity index is 1420. The quantitative estimate of drug-likeness (QED) is 0.366. The van der Waals surface area contributed by atoms with Crippen LogP contribution in [0.1, 0.15) is 41.6 Å². The molecule has 4 aromatic rings. The van der Waals surface area contributed by atoms with Crippen LogP contribution in [0.3, 0.4) is 0 Å². The summed E-state index contributed by atoms with van der Waals surface area (Å²) in [5, 5.41) is 17.8. The second kappa shape index (κ2) is 11.6. The first-order chi connectivity index (χ1) is 18.9. The number of piperazine rings is 1. The largest absolute Gasteiger partial charge is 0.497 e. The van der Waals surface area contributed by atoms with E-state index in [1.54, 1.807) is 11.8 Å². The number of aliphatic hydroxyl groups is 1. The summed E-state index contributed by atoms with van der Waals surface area (Å²) < 4.78 is 13.0. The highest BCUT2D eigenvalue weighted by Crippen LogP contribution is 2.26. The van der Waals surface area contributed by atoms with Crippen molar-refractivity contribution in [3.8, 4) is 17.2 Å². The molecule has 0 saturated carbocycles. The molecule has 0 spiro atoms. The van der Waals surface area contributed by atoms with Gasteiger partial charge in [0.1, 0.15) is 23.3 Å². The predicted octanol–water partition coefficient (Wildman–Crippen LogP) is 4.26. The number of hydrogen-bond donors (Lipinski definition) is 1. The van der Waals surface area contributed by atoms with Gasteiger partial charge in [-0.05, 0) is 61.9 Å².